The Kier molecular flexibility index (Phi) is 6.18. The molecule has 2 amide bonds. The number of aryl methyl sites for hydroxylation is 2. The highest BCUT2D eigenvalue weighted by Crippen LogP contribution is 2.28. The molecule has 0 aliphatic rings. The molecule has 0 spiro atoms. The number of hydrogen-bond donors (Lipinski definition) is 2. The second-order valence-electron chi connectivity index (χ2n) is 4.87. The van der Waals surface area contributed by atoms with E-state index in [1.165, 1.54) is 18.0 Å². The van der Waals surface area contributed by atoms with E-state index in [9.17, 15) is 9.59 Å². The van der Waals surface area contributed by atoms with Crippen LogP contribution in [0.1, 0.15) is 21.6 Å². The van der Waals surface area contributed by atoms with Crippen LogP contribution in [-0.2, 0) is 4.79 Å². The van der Waals surface area contributed by atoms with E-state index in [2.05, 4.69) is 31.8 Å². The van der Waals surface area contributed by atoms with Crippen molar-refractivity contribution in [3.63, 3.8) is 0 Å². The molecule has 0 atom stereocenters. The number of carbonyl (C=O) groups is 2. The molecule has 0 bridgehead atoms. The average molecular weight is 394 g/mol. The van der Waals surface area contributed by atoms with E-state index in [0.29, 0.717) is 0 Å². The Labute approximate surface area is 147 Å². The van der Waals surface area contributed by atoms with Gasteiger partial charge in [0.1, 0.15) is 5.69 Å². The van der Waals surface area contributed by atoms with Crippen LogP contribution >= 0.6 is 27.7 Å². The molecule has 0 fully saturated rings. The number of nitrogens with zero attached hydrogens (tertiary/aromatic N) is 1. The van der Waals surface area contributed by atoms with Gasteiger partial charge in [0.05, 0.1) is 5.75 Å². The van der Waals surface area contributed by atoms with Crippen molar-refractivity contribution in [3.8, 4) is 0 Å². The molecule has 23 heavy (non-hydrogen) atoms. The predicted molar refractivity (Wildman–Crippen MR) is 94.2 cm³/mol. The highest BCUT2D eigenvalue weighted by molar-refractivity contribution is 9.10. The van der Waals surface area contributed by atoms with Gasteiger partial charge in [-0.15, -0.1) is 11.8 Å². The maximum absolute atomic E-state index is 11.8. The lowest BCUT2D eigenvalue weighted by Gasteiger charge is -2.09. The lowest BCUT2D eigenvalue weighted by molar-refractivity contribution is -0.119. The van der Waals surface area contributed by atoms with Crippen LogP contribution in [0.15, 0.2) is 45.9 Å². The van der Waals surface area contributed by atoms with Gasteiger partial charge < -0.3 is 0 Å². The van der Waals surface area contributed by atoms with Crippen LogP contribution in [0.5, 0.6) is 0 Å². The van der Waals surface area contributed by atoms with E-state index < -0.39 is 5.91 Å². The molecule has 0 radical (unpaired) electrons. The minimum absolute atomic E-state index is 0.213. The SMILES string of the molecule is Cc1cc(SCC(=O)NNC(=O)c2ccccn2)c(C)cc1Br. The molecule has 0 aliphatic carbocycles. The number of thioether (sulfide) groups is 1. The first kappa shape index (κ1) is 17.5. The number of hydrazine groups is 1. The molecule has 2 aromatic rings. The van der Waals surface area contributed by atoms with Gasteiger partial charge in [0, 0.05) is 15.6 Å². The third kappa shape index (κ3) is 5.07. The van der Waals surface area contributed by atoms with Crippen molar-refractivity contribution in [1.82, 2.24) is 15.8 Å². The monoisotopic (exact) mass is 393 g/mol. The van der Waals surface area contributed by atoms with Crippen LogP contribution in [-0.4, -0.2) is 22.6 Å². The highest BCUT2D eigenvalue weighted by Gasteiger charge is 2.10. The molecular formula is C16H16BrN3O2S. The van der Waals surface area contributed by atoms with E-state index in [-0.39, 0.29) is 17.4 Å². The second-order valence-corrected chi connectivity index (χ2v) is 6.74. The van der Waals surface area contributed by atoms with Crippen molar-refractivity contribution in [1.29, 1.82) is 0 Å². The van der Waals surface area contributed by atoms with Gasteiger partial charge in [-0.2, -0.15) is 0 Å². The molecule has 7 heteroatoms. The second kappa shape index (κ2) is 8.12. The van der Waals surface area contributed by atoms with Crippen LogP contribution in [0.25, 0.3) is 0 Å². The van der Waals surface area contributed by atoms with Crippen molar-refractivity contribution in [2.24, 2.45) is 0 Å². The molecule has 0 aliphatic heterocycles. The van der Waals surface area contributed by atoms with Gasteiger partial charge in [-0.25, -0.2) is 0 Å². The Hall–Kier alpha value is -1.86. The van der Waals surface area contributed by atoms with E-state index in [4.69, 9.17) is 0 Å². The number of halogens is 1. The summed E-state index contributed by atoms with van der Waals surface area (Å²) in [7, 11) is 0. The van der Waals surface area contributed by atoms with Gasteiger partial charge in [-0.3, -0.25) is 25.4 Å². The lowest BCUT2D eigenvalue weighted by atomic mass is 10.2. The topological polar surface area (TPSA) is 71.1 Å². The molecular weight excluding hydrogens is 378 g/mol. The zero-order valence-corrected chi connectivity index (χ0v) is 15.1. The summed E-state index contributed by atoms with van der Waals surface area (Å²) in [6.07, 6.45) is 1.52. The predicted octanol–water partition coefficient (Wildman–Crippen LogP) is 3.01. The van der Waals surface area contributed by atoms with Crippen molar-refractivity contribution in [3.05, 3.63) is 57.8 Å². The van der Waals surface area contributed by atoms with E-state index in [1.807, 2.05) is 26.0 Å². The highest BCUT2D eigenvalue weighted by atomic mass is 79.9. The van der Waals surface area contributed by atoms with E-state index in [1.54, 1.807) is 18.2 Å². The smallest absolute Gasteiger partial charge is 0.272 e. The van der Waals surface area contributed by atoms with Crippen LogP contribution in [0.4, 0.5) is 0 Å². The van der Waals surface area contributed by atoms with Gasteiger partial charge in [0.2, 0.25) is 5.91 Å². The third-order valence-electron chi connectivity index (χ3n) is 3.03. The number of carbonyl (C=O) groups excluding carboxylic acids is 2. The van der Waals surface area contributed by atoms with Crippen LogP contribution in [0, 0.1) is 13.8 Å². The average Bonchev–Trinajstić information content (AvgIpc) is 2.55. The lowest BCUT2D eigenvalue weighted by Crippen LogP contribution is -2.42. The summed E-state index contributed by atoms with van der Waals surface area (Å²) in [5.74, 6) is -0.511. The number of benzene rings is 1. The zero-order chi connectivity index (χ0) is 16.8. The molecule has 0 saturated heterocycles. The largest absolute Gasteiger partial charge is 0.288 e. The van der Waals surface area contributed by atoms with Gasteiger partial charge in [0.15, 0.2) is 0 Å². The maximum Gasteiger partial charge on any atom is 0.288 e. The minimum atomic E-state index is -0.445. The standard InChI is InChI=1S/C16H16BrN3O2S/c1-10-8-14(11(2)7-12(10)17)23-9-15(21)19-20-16(22)13-5-3-4-6-18-13/h3-8H,9H2,1-2H3,(H,19,21)(H,20,22). The maximum atomic E-state index is 11.8. The normalized spacial score (nSPS) is 10.2. The molecule has 1 aromatic carbocycles. The molecule has 1 heterocycles. The zero-order valence-electron chi connectivity index (χ0n) is 12.7. The third-order valence-corrected chi connectivity index (χ3v) is 5.04. The summed E-state index contributed by atoms with van der Waals surface area (Å²) in [4.78, 5) is 28.5. The van der Waals surface area contributed by atoms with Crippen molar-refractivity contribution in [2.45, 2.75) is 18.7 Å². The summed E-state index contributed by atoms with van der Waals surface area (Å²) >= 11 is 4.91. The number of rotatable bonds is 4. The molecule has 0 saturated carbocycles. The van der Waals surface area contributed by atoms with E-state index in [0.717, 1.165) is 20.5 Å². The van der Waals surface area contributed by atoms with Gasteiger partial charge in [-0.05, 0) is 49.2 Å². The van der Waals surface area contributed by atoms with E-state index >= 15 is 0 Å². The quantitative estimate of drug-likeness (QED) is 0.618. The first-order chi connectivity index (χ1) is 11.0. The van der Waals surface area contributed by atoms with Gasteiger partial charge >= 0.3 is 0 Å². The molecule has 120 valence electrons. The Morgan fingerprint density at radius 2 is 1.96 bits per heavy atom. The number of aromatic nitrogens is 1. The van der Waals surface area contributed by atoms with Crippen LogP contribution in [0.2, 0.25) is 0 Å². The van der Waals surface area contributed by atoms with Crippen LogP contribution < -0.4 is 10.9 Å². The van der Waals surface area contributed by atoms with Gasteiger partial charge in [-0.1, -0.05) is 22.0 Å². The van der Waals surface area contributed by atoms with Gasteiger partial charge in [0.25, 0.3) is 5.91 Å². The Bertz CT molecular complexity index is 723. The van der Waals surface area contributed by atoms with Crippen molar-refractivity contribution < 1.29 is 9.59 Å². The fraction of sp³-hybridized carbons (Fsp3) is 0.188. The van der Waals surface area contributed by atoms with Crippen molar-refractivity contribution >= 4 is 39.5 Å². The first-order valence-electron chi connectivity index (χ1n) is 6.87. The first-order valence-corrected chi connectivity index (χ1v) is 8.65. The summed E-state index contributed by atoms with van der Waals surface area (Å²) in [5, 5.41) is 0. The Morgan fingerprint density at radius 1 is 1.17 bits per heavy atom. The Balaban J connectivity index is 1.84. The summed E-state index contributed by atoms with van der Waals surface area (Å²) < 4.78 is 1.05. The fourth-order valence-electron chi connectivity index (χ4n) is 1.78. The summed E-state index contributed by atoms with van der Waals surface area (Å²) in [5.41, 5.74) is 7.19. The number of pyridine rings is 1. The molecule has 2 rings (SSSR count). The molecule has 1 aromatic heterocycles. The molecule has 0 unspecified atom stereocenters. The number of hydrogen-bond acceptors (Lipinski definition) is 4. The molecule has 2 N–H and O–H groups in total. The Morgan fingerprint density at radius 3 is 2.65 bits per heavy atom. The van der Waals surface area contributed by atoms with Crippen LogP contribution in [0.3, 0.4) is 0 Å². The molecule has 5 nitrogen and oxygen atoms in total. The fourth-order valence-corrected chi connectivity index (χ4v) is 3.14. The number of nitrogens with one attached hydrogen (secondary N) is 2. The minimum Gasteiger partial charge on any atom is -0.272 e. The summed E-state index contributed by atoms with van der Waals surface area (Å²) in [6.45, 7) is 3.99. The summed E-state index contributed by atoms with van der Waals surface area (Å²) in [6, 6.07) is 9.05. The van der Waals surface area contributed by atoms with Crippen molar-refractivity contribution in [2.75, 3.05) is 5.75 Å². The number of amides is 2.